The monoisotopic (exact) mass is 253 g/mol. The molecular formula is C13H23N3O2. The van der Waals surface area contributed by atoms with Crippen molar-refractivity contribution < 1.29 is 9.59 Å². The molecule has 2 rings (SSSR count). The molecule has 0 bridgehead atoms. The number of piperidine rings is 1. The summed E-state index contributed by atoms with van der Waals surface area (Å²) in [5.74, 6) is -0.0129. The predicted octanol–water partition coefficient (Wildman–Crippen LogP) is 0.100. The van der Waals surface area contributed by atoms with E-state index in [1.54, 1.807) is 0 Å². The zero-order chi connectivity index (χ0) is 13.2. The van der Waals surface area contributed by atoms with Gasteiger partial charge in [0, 0.05) is 25.6 Å². The van der Waals surface area contributed by atoms with Gasteiger partial charge in [-0.25, -0.2) is 0 Å². The van der Waals surface area contributed by atoms with Crippen molar-refractivity contribution in [2.75, 3.05) is 26.2 Å². The summed E-state index contributed by atoms with van der Waals surface area (Å²) < 4.78 is 0. The van der Waals surface area contributed by atoms with Crippen molar-refractivity contribution in [2.45, 2.75) is 32.6 Å². The van der Waals surface area contributed by atoms with Gasteiger partial charge < -0.3 is 16.0 Å². The molecule has 3 N–H and O–H groups in total. The standard InChI is InChI=1S/C13H23N3O2/c1-2-13(5-6-15-9-13)12(18)16-7-3-10(4-8-16)11(14)17/h10,15H,2-9H2,1H3,(H2,14,17). The molecule has 2 fully saturated rings. The van der Waals surface area contributed by atoms with Gasteiger partial charge >= 0.3 is 0 Å². The Bertz CT molecular complexity index is 329. The van der Waals surface area contributed by atoms with Crippen molar-refractivity contribution in [1.82, 2.24) is 10.2 Å². The Morgan fingerprint density at radius 1 is 1.39 bits per heavy atom. The predicted molar refractivity (Wildman–Crippen MR) is 68.7 cm³/mol. The second-order valence-electron chi connectivity index (χ2n) is 5.53. The van der Waals surface area contributed by atoms with Crippen LogP contribution in [0.5, 0.6) is 0 Å². The fourth-order valence-corrected chi connectivity index (χ4v) is 3.08. The fraction of sp³-hybridized carbons (Fsp3) is 0.846. The summed E-state index contributed by atoms with van der Waals surface area (Å²) in [5, 5.41) is 3.29. The molecule has 2 amide bonds. The number of nitrogens with one attached hydrogen (secondary N) is 1. The Hall–Kier alpha value is -1.10. The van der Waals surface area contributed by atoms with Crippen molar-refractivity contribution in [3.63, 3.8) is 0 Å². The number of nitrogens with zero attached hydrogens (tertiary/aromatic N) is 1. The molecule has 102 valence electrons. The van der Waals surface area contributed by atoms with Crippen molar-refractivity contribution in [1.29, 1.82) is 0 Å². The van der Waals surface area contributed by atoms with E-state index in [-0.39, 0.29) is 23.1 Å². The third kappa shape index (κ3) is 2.36. The van der Waals surface area contributed by atoms with E-state index in [9.17, 15) is 9.59 Å². The summed E-state index contributed by atoms with van der Waals surface area (Å²) in [4.78, 5) is 25.6. The zero-order valence-corrected chi connectivity index (χ0v) is 11.1. The maximum absolute atomic E-state index is 12.6. The lowest BCUT2D eigenvalue weighted by Crippen LogP contribution is -2.49. The number of rotatable bonds is 3. The van der Waals surface area contributed by atoms with E-state index in [0.29, 0.717) is 25.9 Å². The largest absolute Gasteiger partial charge is 0.369 e. The lowest BCUT2D eigenvalue weighted by Gasteiger charge is -2.37. The molecule has 5 heteroatoms. The van der Waals surface area contributed by atoms with Gasteiger partial charge in [-0.1, -0.05) is 6.92 Å². The van der Waals surface area contributed by atoms with Crippen LogP contribution in [-0.4, -0.2) is 42.9 Å². The van der Waals surface area contributed by atoms with Gasteiger partial charge in [-0.15, -0.1) is 0 Å². The molecule has 0 aromatic heterocycles. The topological polar surface area (TPSA) is 75.4 Å². The average molecular weight is 253 g/mol. The minimum Gasteiger partial charge on any atom is -0.369 e. The fourth-order valence-electron chi connectivity index (χ4n) is 3.08. The van der Waals surface area contributed by atoms with Crippen LogP contribution in [0.3, 0.4) is 0 Å². The Morgan fingerprint density at radius 2 is 2.06 bits per heavy atom. The average Bonchev–Trinajstić information content (AvgIpc) is 2.88. The highest BCUT2D eigenvalue weighted by molar-refractivity contribution is 5.84. The number of likely N-dealkylation sites (tertiary alicyclic amines) is 1. The molecule has 0 saturated carbocycles. The molecule has 0 spiro atoms. The van der Waals surface area contributed by atoms with E-state index >= 15 is 0 Å². The van der Waals surface area contributed by atoms with Gasteiger partial charge in [0.25, 0.3) is 0 Å². The second kappa shape index (κ2) is 5.26. The van der Waals surface area contributed by atoms with Gasteiger partial charge in [0.1, 0.15) is 0 Å². The van der Waals surface area contributed by atoms with Crippen LogP contribution in [-0.2, 0) is 9.59 Å². The van der Waals surface area contributed by atoms with Crippen LogP contribution in [0.1, 0.15) is 32.6 Å². The Labute approximate surface area is 108 Å². The Balaban J connectivity index is 1.96. The quantitative estimate of drug-likeness (QED) is 0.749. The van der Waals surface area contributed by atoms with Crippen LogP contribution >= 0.6 is 0 Å². The van der Waals surface area contributed by atoms with E-state index in [1.165, 1.54) is 0 Å². The highest BCUT2D eigenvalue weighted by Gasteiger charge is 2.42. The third-order valence-corrected chi connectivity index (χ3v) is 4.56. The molecular weight excluding hydrogens is 230 g/mol. The first-order valence-electron chi connectivity index (χ1n) is 6.88. The summed E-state index contributed by atoms with van der Waals surface area (Å²) in [6.45, 7) is 5.15. The van der Waals surface area contributed by atoms with Gasteiger partial charge in [0.2, 0.25) is 11.8 Å². The minimum absolute atomic E-state index is 0.0478. The molecule has 0 aliphatic carbocycles. The van der Waals surface area contributed by atoms with E-state index in [0.717, 1.165) is 25.9 Å². The van der Waals surface area contributed by atoms with E-state index in [4.69, 9.17) is 5.73 Å². The van der Waals surface area contributed by atoms with Gasteiger partial charge in [-0.05, 0) is 32.2 Å². The van der Waals surface area contributed by atoms with Gasteiger partial charge in [-0.3, -0.25) is 9.59 Å². The number of primary amides is 1. The number of carbonyl (C=O) groups is 2. The van der Waals surface area contributed by atoms with Gasteiger partial charge in [0.15, 0.2) is 0 Å². The molecule has 18 heavy (non-hydrogen) atoms. The van der Waals surface area contributed by atoms with Crippen molar-refractivity contribution >= 4 is 11.8 Å². The van der Waals surface area contributed by atoms with Crippen molar-refractivity contribution in [3.05, 3.63) is 0 Å². The number of nitrogens with two attached hydrogens (primary N) is 1. The summed E-state index contributed by atoms with van der Waals surface area (Å²) in [6.07, 6.45) is 3.25. The molecule has 2 saturated heterocycles. The first-order valence-corrected chi connectivity index (χ1v) is 6.88. The number of hydrogen-bond donors (Lipinski definition) is 2. The number of amides is 2. The van der Waals surface area contributed by atoms with E-state index in [1.807, 2.05) is 4.90 Å². The van der Waals surface area contributed by atoms with Crippen LogP contribution < -0.4 is 11.1 Å². The molecule has 0 aromatic rings. The van der Waals surface area contributed by atoms with Gasteiger partial charge in [-0.2, -0.15) is 0 Å². The molecule has 5 nitrogen and oxygen atoms in total. The molecule has 0 aromatic carbocycles. The number of carbonyl (C=O) groups excluding carboxylic acids is 2. The van der Waals surface area contributed by atoms with Crippen molar-refractivity contribution in [2.24, 2.45) is 17.1 Å². The Morgan fingerprint density at radius 3 is 2.50 bits per heavy atom. The summed E-state index contributed by atoms with van der Waals surface area (Å²) in [7, 11) is 0. The summed E-state index contributed by atoms with van der Waals surface area (Å²) in [6, 6.07) is 0. The smallest absolute Gasteiger partial charge is 0.230 e. The zero-order valence-electron chi connectivity index (χ0n) is 11.1. The molecule has 1 atom stereocenters. The highest BCUT2D eigenvalue weighted by atomic mass is 16.2. The molecule has 1 unspecified atom stereocenters. The molecule has 2 aliphatic rings. The first-order chi connectivity index (χ1) is 8.59. The normalized spacial score (nSPS) is 29.5. The van der Waals surface area contributed by atoms with Crippen LogP contribution in [0.15, 0.2) is 0 Å². The van der Waals surface area contributed by atoms with Gasteiger partial charge in [0.05, 0.1) is 5.41 Å². The van der Waals surface area contributed by atoms with Crippen LogP contribution in [0, 0.1) is 11.3 Å². The molecule has 0 radical (unpaired) electrons. The van der Waals surface area contributed by atoms with Crippen molar-refractivity contribution in [3.8, 4) is 0 Å². The lowest BCUT2D eigenvalue weighted by molar-refractivity contribution is -0.144. The highest BCUT2D eigenvalue weighted by Crippen LogP contribution is 2.33. The van der Waals surface area contributed by atoms with Crippen LogP contribution in [0.2, 0.25) is 0 Å². The molecule has 2 aliphatic heterocycles. The van der Waals surface area contributed by atoms with Crippen LogP contribution in [0.4, 0.5) is 0 Å². The SMILES string of the molecule is CCC1(C(=O)N2CCC(C(N)=O)CC2)CCNC1. The number of hydrogen-bond acceptors (Lipinski definition) is 3. The maximum atomic E-state index is 12.6. The van der Waals surface area contributed by atoms with E-state index in [2.05, 4.69) is 12.2 Å². The maximum Gasteiger partial charge on any atom is 0.230 e. The minimum atomic E-state index is -0.227. The Kier molecular flexibility index (Phi) is 3.90. The first kappa shape index (κ1) is 13.3. The van der Waals surface area contributed by atoms with Crippen LogP contribution in [0.25, 0.3) is 0 Å². The summed E-state index contributed by atoms with van der Waals surface area (Å²) in [5.41, 5.74) is 5.10. The molecule has 2 heterocycles. The third-order valence-electron chi connectivity index (χ3n) is 4.56. The second-order valence-corrected chi connectivity index (χ2v) is 5.53. The summed E-state index contributed by atoms with van der Waals surface area (Å²) >= 11 is 0. The van der Waals surface area contributed by atoms with E-state index < -0.39 is 0 Å². The lowest BCUT2D eigenvalue weighted by atomic mass is 9.82.